The van der Waals surface area contributed by atoms with Gasteiger partial charge in [-0.05, 0) is 24.3 Å². The molecule has 0 radical (unpaired) electrons. The average Bonchev–Trinajstić information content (AvgIpc) is 2.56. The molecular formula is C16H13F4N3O2. The molecule has 0 spiro atoms. The third kappa shape index (κ3) is 3.40. The van der Waals surface area contributed by atoms with Crippen LogP contribution in [-0.2, 0) is 0 Å². The van der Waals surface area contributed by atoms with Crippen molar-refractivity contribution >= 4 is 11.5 Å². The molecule has 3 rings (SSSR count). The Bertz CT molecular complexity index is 819. The van der Waals surface area contributed by atoms with Gasteiger partial charge in [0.25, 0.3) is 5.92 Å². The van der Waals surface area contributed by atoms with Crippen LogP contribution in [0.2, 0.25) is 0 Å². The second-order valence-corrected chi connectivity index (χ2v) is 5.76. The van der Waals surface area contributed by atoms with Gasteiger partial charge < -0.3 is 4.90 Å². The van der Waals surface area contributed by atoms with E-state index in [1.54, 1.807) is 0 Å². The Labute approximate surface area is 140 Å². The van der Waals surface area contributed by atoms with Gasteiger partial charge in [-0.25, -0.2) is 22.5 Å². The van der Waals surface area contributed by atoms with Gasteiger partial charge in [0.1, 0.15) is 11.6 Å². The molecule has 1 aromatic carbocycles. The number of piperidine rings is 1. The topological polar surface area (TPSA) is 59.3 Å². The van der Waals surface area contributed by atoms with Crippen LogP contribution in [0.5, 0.6) is 0 Å². The lowest BCUT2D eigenvalue weighted by Gasteiger charge is -2.32. The zero-order valence-corrected chi connectivity index (χ0v) is 12.9. The highest BCUT2D eigenvalue weighted by Crippen LogP contribution is 2.40. The number of benzene rings is 1. The Kier molecular flexibility index (Phi) is 4.32. The molecule has 1 aliphatic rings. The number of hydrogen-bond donors (Lipinski definition) is 0. The number of anilines is 1. The van der Waals surface area contributed by atoms with Crippen molar-refractivity contribution in [1.82, 2.24) is 4.98 Å². The smallest absolute Gasteiger partial charge is 0.319 e. The maximum atomic E-state index is 14.1. The molecule has 1 saturated heterocycles. The molecule has 5 nitrogen and oxygen atoms in total. The predicted octanol–water partition coefficient (Wildman–Crippen LogP) is 4.17. The van der Waals surface area contributed by atoms with E-state index in [4.69, 9.17) is 0 Å². The molecule has 1 fully saturated rings. The van der Waals surface area contributed by atoms with Crippen LogP contribution in [0.1, 0.15) is 12.8 Å². The molecule has 0 unspecified atom stereocenters. The maximum Gasteiger partial charge on any atom is 0.319 e. The summed E-state index contributed by atoms with van der Waals surface area (Å²) in [6.45, 7) is -0.230. The molecule has 9 heteroatoms. The molecule has 0 atom stereocenters. The number of pyridine rings is 1. The summed E-state index contributed by atoms with van der Waals surface area (Å²) in [5.41, 5.74) is -0.959. The minimum Gasteiger partial charge on any atom is -0.350 e. The molecule has 0 aliphatic carbocycles. The van der Waals surface area contributed by atoms with Crippen LogP contribution in [0.3, 0.4) is 0 Å². The lowest BCUT2D eigenvalue weighted by atomic mass is 10.0. The molecule has 0 saturated carbocycles. The molecule has 2 heterocycles. The third-order valence-corrected chi connectivity index (χ3v) is 4.10. The standard InChI is InChI=1S/C16H13F4N3O2/c17-10-1-2-13(18)12(9-10)11-3-6-21-15(14(11)23(24)25)22-7-4-16(19,20)5-8-22/h1-3,6,9H,4-5,7-8H2. The lowest BCUT2D eigenvalue weighted by molar-refractivity contribution is -0.383. The Morgan fingerprint density at radius 2 is 1.80 bits per heavy atom. The summed E-state index contributed by atoms with van der Waals surface area (Å²) in [6, 6.07) is 3.83. The van der Waals surface area contributed by atoms with Gasteiger partial charge in [-0.1, -0.05) is 0 Å². The third-order valence-electron chi connectivity index (χ3n) is 4.10. The van der Waals surface area contributed by atoms with Crippen molar-refractivity contribution in [2.45, 2.75) is 18.8 Å². The van der Waals surface area contributed by atoms with Crippen LogP contribution < -0.4 is 4.90 Å². The first-order valence-electron chi connectivity index (χ1n) is 7.50. The average molecular weight is 355 g/mol. The summed E-state index contributed by atoms with van der Waals surface area (Å²) < 4.78 is 54.2. The van der Waals surface area contributed by atoms with Gasteiger partial charge in [0.2, 0.25) is 5.82 Å². The highest BCUT2D eigenvalue weighted by Gasteiger charge is 2.37. The van der Waals surface area contributed by atoms with E-state index < -0.39 is 41.0 Å². The summed E-state index contributed by atoms with van der Waals surface area (Å²) in [6.07, 6.45) is 0.309. The van der Waals surface area contributed by atoms with Crippen LogP contribution in [0, 0.1) is 21.7 Å². The largest absolute Gasteiger partial charge is 0.350 e. The Morgan fingerprint density at radius 3 is 2.44 bits per heavy atom. The van der Waals surface area contributed by atoms with Gasteiger partial charge in [-0.2, -0.15) is 0 Å². The number of nitrogens with zero attached hydrogens (tertiary/aromatic N) is 3. The van der Waals surface area contributed by atoms with Crippen molar-refractivity contribution in [3.63, 3.8) is 0 Å². The van der Waals surface area contributed by atoms with Gasteiger partial charge in [0.15, 0.2) is 0 Å². The highest BCUT2D eigenvalue weighted by molar-refractivity contribution is 5.80. The molecule has 0 N–H and O–H groups in total. The molecule has 0 bridgehead atoms. The van der Waals surface area contributed by atoms with Crippen molar-refractivity contribution in [3.05, 3.63) is 52.2 Å². The first kappa shape index (κ1) is 17.1. The molecule has 1 aromatic heterocycles. The second-order valence-electron chi connectivity index (χ2n) is 5.76. The van der Waals surface area contributed by atoms with Gasteiger partial charge in [0, 0.05) is 37.7 Å². The van der Waals surface area contributed by atoms with E-state index in [0.717, 1.165) is 18.2 Å². The summed E-state index contributed by atoms with van der Waals surface area (Å²) in [7, 11) is 0. The van der Waals surface area contributed by atoms with Crippen LogP contribution >= 0.6 is 0 Å². The Morgan fingerprint density at radius 1 is 1.12 bits per heavy atom. The van der Waals surface area contributed by atoms with Gasteiger partial charge in [-0.15, -0.1) is 0 Å². The van der Waals surface area contributed by atoms with Crippen LogP contribution in [0.4, 0.5) is 29.1 Å². The van der Waals surface area contributed by atoms with Gasteiger partial charge in [-0.3, -0.25) is 10.1 Å². The van der Waals surface area contributed by atoms with Crippen molar-refractivity contribution in [1.29, 1.82) is 0 Å². The SMILES string of the molecule is O=[N+]([O-])c1c(-c2cc(F)ccc2F)ccnc1N1CCC(F)(F)CC1. The zero-order valence-electron chi connectivity index (χ0n) is 12.9. The summed E-state index contributed by atoms with van der Waals surface area (Å²) in [5.74, 6) is -4.52. The van der Waals surface area contributed by atoms with E-state index in [2.05, 4.69) is 4.98 Å². The summed E-state index contributed by atoms with van der Waals surface area (Å²) in [5, 5.41) is 11.6. The molecule has 0 amide bonds. The number of hydrogen-bond acceptors (Lipinski definition) is 4. The zero-order chi connectivity index (χ0) is 18.2. The monoisotopic (exact) mass is 355 g/mol. The number of halogens is 4. The predicted molar refractivity (Wildman–Crippen MR) is 82.6 cm³/mol. The van der Waals surface area contributed by atoms with Gasteiger partial charge >= 0.3 is 5.69 Å². The van der Waals surface area contributed by atoms with E-state index in [1.807, 2.05) is 0 Å². The molecule has 25 heavy (non-hydrogen) atoms. The molecule has 2 aromatic rings. The lowest BCUT2D eigenvalue weighted by Crippen LogP contribution is -2.40. The van der Waals surface area contributed by atoms with Crippen molar-refractivity contribution in [3.8, 4) is 11.1 Å². The number of nitro groups is 1. The van der Waals surface area contributed by atoms with Crippen LogP contribution in [-0.4, -0.2) is 28.9 Å². The number of aromatic nitrogens is 1. The van der Waals surface area contributed by atoms with Crippen molar-refractivity contribution in [2.75, 3.05) is 18.0 Å². The fraction of sp³-hybridized carbons (Fsp3) is 0.312. The minimum atomic E-state index is -2.82. The minimum absolute atomic E-state index is 0.115. The molecule has 132 valence electrons. The summed E-state index contributed by atoms with van der Waals surface area (Å²) >= 11 is 0. The van der Waals surface area contributed by atoms with Gasteiger partial charge in [0.05, 0.1) is 10.5 Å². The van der Waals surface area contributed by atoms with E-state index in [-0.39, 0.29) is 30.0 Å². The van der Waals surface area contributed by atoms with E-state index >= 15 is 0 Å². The van der Waals surface area contributed by atoms with E-state index in [9.17, 15) is 27.7 Å². The van der Waals surface area contributed by atoms with Crippen molar-refractivity contribution < 1.29 is 22.5 Å². The number of rotatable bonds is 3. The molecular weight excluding hydrogens is 342 g/mol. The van der Waals surface area contributed by atoms with Crippen molar-refractivity contribution in [2.24, 2.45) is 0 Å². The maximum absolute atomic E-state index is 14.1. The Hall–Kier alpha value is -2.71. The van der Waals surface area contributed by atoms with Crippen LogP contribution in [0.25, 0.3) is 11.1 Å². The van der Waals surface area contributed by atoms with E-state index in [0.29, 0.717) is 0 Å². The fourth-order valence-corrected chi connectivity index (χ4v) is 2.82. The molecule has 1 aliphatic heterocycles. The van der Waals surface area contributed by atoms with Crippen LogP contribution in [0.15, 0.2) is 30.5 Å². The fourth-order valence-electron chi connectivity index (χ4n) is 2.82. The highest BCUT2D eigenvalue weighted by atomic mass is 19.3. The summed E-state index contributed by atoms with van der Waals surface area (Å²) in [4.78, 5) is 16.1. The second kappa shape index (κ2) is 6.30. The number of alkyl halides is 2. The normalized spacial score (nSPS) is 16.7. The first-order chi connectivity index (χ1) is 11.8. The quantitative estimate of drug-likeness (QED) is 0.471. The van der Waals surface area contributed by atoms with E-state index in [1.165, 1.54) is 17.2 Å². The first-order valence-corrected chi connectivity index (χ1v) is 7.50. The Balaban J connectivity index is 2.10.